The topological polar surface area (TPSA) is 47.7 Å². The molecule has 0 radical (unpaired) electrons. The summed E-state index contributed by atoms with van der Waals surface area (Å²) in [6, 6.07) is 2.47. The Morgan fingerprint density at radius 3 is 2.84 bits per heavy atom. The lowest BCUT2D eigenvalue weighted by Crippen LogP contribution is -2.21. The first-order valence-electron chi connectivity index (χ1n) is 6.91. The molecule has 0 aromatic heterocycles. The lowest BCUT2D eigenvalue weighted by atomic mass is 9.92. The van der Waals surface area contributed by atoms with Crippen LogP contribution in [-0.4, -0.2) is 31.8 Å². The minimum absolute atomic E-state index is 0.335. The van der Waals surface area contributed by atoms with Gasteiger partial charge in [-0.2, -0.15) is 0 Å². The third-order valence-corrected chi connectivity index (χ3v) is 4.53. The molecule has 2 heterocycles. The molecule has 2 unspecified atom stereocenters. The normalized spacial score (nSPS) is 26.1. The van der Waals surface area contributed by atoms with Crippen LogP contribution in [0, 0.1) is 19.8 Å². The van der Waals surface area contributed by atoms with Crippen LogP contribution in [0.3, 0.4) is 0 Å². The molecule has 19 heavy (non-hydrogen) atoms. The molecule has 1 aromatic carbocycles. The standard InChI is InChI=1S/C15H22N2O2/c1-9-4-13-15(19-8-18-13)14(10(9)2)12-5-11(6-16)7-17(12)3/h4,11-12H,5-8,16H2,1-3H3. The molecule has 0 aliphatic carbocycles. The van der Waals surface area contributed by atoms with Crippen molar-refractivity contribution in [1.29, 1.82) is 0 Å². The maximum Gasteiger partial charge on any atom is 0.231 e. The molecule has 4 heteroatoms. The van der Waals surface area contributed by atoms with Crippen molar-refractivity contribution < 1.29 is 9.47 Å². The largest absolute Gasteiger partial charge is 0.454 e. The van der Waals surface area contributed by atoms with Crippen LogP contribution < -0.4 is 15.2 Å². The van der Waals surface area contributed by atoms with E-state index in [1.807, 2.05) is 0 Å². The molecule has 2 aliphatic rings. The van der Waals surface area contributed by atoms with Crippen molar-refractivity contribution in [3.63, 3.8) is 0 Å². The molecule has 0 saturated carbocycles. The lowest BCUT2D eigenvalue weighted by molar-refractivity contribution is 0.171. The van der Waals surface area contributed by atoms with E-state index in [2.05, 4.69) is 31.9 Å². The third kappa shape index (κ3) is 1.99. The summed E-state index contributed by atoms with van der Waals surface area (Å²) in [4.78, 5) is 2.39. The highest BCUT2D eigenvalue weighted by atomic mass is 16.7. The van der Waals surface area contributed by atoms with E-state index in [9.17, 15) is 0 Å². The molecular weight excluding hydrogens is 240 g/mol. The van der Waals surface area contributed by atoms with Gasteiger partial charge in [0.15, 0.2) is 11.5 Å². The molecule has 1 saturated heterocycles. The molecule has 2 N–H and O–H groups in total. The minimum atomic E-state index is 0.335. The fraction of sp³-hybridized carbons (Fsp3) is 0.600. The lowest BCUT2D eigenvalue weighted by Gasteiger charge is -2.24. The average Bonchev–Trinajstić information content (AvgIpc) is 2.97. The van der Waals surface area contributed by atoms with Gasteiger partial charge < -0.3 is 15.2 Å². The highest BCUT2D eigenvalue weighted by molar-refractivity contribution is 5.56. The molecule has 0 bridgehead atoms. The van der Waals surface area contributed by atoms with Crippen LogP contribution in [0.4, 0.5) is 0 Å². The maximum atomic E-state index is 5.83. The molecule has 1 aromatic rings. The molecule has 104 valence electrons. The van der Waals surface area contributed by atoms with Crippen molar-refractivity contribution in [2.24, 2.45) is 11.7 Å². The van der Waals surface area contributed by atoms with Crippen molar-refractivity contribution in [2.45, 2.75) is 26.3 Å². The Hall–Kier alpha value is -1.26. The second-order valence-electron chi connectivity index (χ2n) is 5.76. The number of likely N-dealkylation sites (tertiary alicyclic amines) is 1. The third-order valence-electron chi connectivity index (χ3n) is 4.53. The Morgan fingerprint density at radius 1 is 1.37 bits per heavy atom. The SMILES string of the molecule is Cc1cc2c(c(C3CC(CN)CN3C)c1C)OCO2. The molecule has 2 atom stereocenters. The summed E-state index contributed by atoms with van der Waals surface area (Å²) in [5, 5.41) is 0. The number of hydrogen-bond donors (Lipinski definition) is 1. The summed E-state index contributed by atoms with van der Waals surface area (Å²) in [6.07, 6.45) is 1.10. The van der Waals surface area contributed by atoms with Crippen molar-refractivity contribution in [3.8, 4) is 11.5 Å². The predicted octanol–water partition coefficient (Wildman–Crippen LogP) is 1.98. The zero-order chi connectivity index (χ0) is 13.6. The summed E-state index contributed by atoms with van der Waals surface area (Å²) >= 11 is 0. The quantitative estimate of drug-likeness (QED) is 0.885. The number of benzene rings is 1. The summed E-state index contributed by atoms with van der Waals surface area (Å²) in [7, 11) is 2.17. The van der Waals surface area contributed by atoms with E-state index in [0.717, 1.165) is 31.0 Å². The average molecular weight is 262 g/mol. The van der Waals surface area contributed by atoms with E-state index >= 15 is 0 Å². The fourth-order valence-corrected chi connectivity index (χ4v) is 3.31. The number of aryl methyl sites for hydroxylation is 1. The summed E-state index contributed by atoms with van der Waals surface area (Å²) < 4.78 is 11.3. The van der Waals surface area contributed by atoms with Crippen molar-refractivity contribution in [2.75, 3.05) is 26.9 Å². The van der Waals surface area contributed by atoms with Gasteiger partial charge in [0, 0.05) is 18.2 Å². The van der Waals surface area contributed by atoms with Crippen LogP contribution in [0.2, 0.25) is 0 Å². The molecular formula is C15H22N2O2. The van der Waals surface area contributed by atoms with Gasteiger partial charge in [0.05, 0.1) is 0 Å². The maximum absolute atomic E-state index is 5.83. The van der Waals surface area contributed by atoms with Crippen molar-refractivity contribution >= 4 is 0 Å². The van der Waals surface area contributed by atoms with Gasteiger partial charge in [0.2, 0.25) is 6.79 Å². The molecule has 0 amide bonds. The van der Waals surface area contributed by atoms with Crippen molar-refractivity contribution in [3.05, 3.63) is 22.8 Å². The van der Waals surface area contributed by atoms with E-state index in [1.165, 1.54) is 16.7 Å². The summed E-state index contributed by atoms with van der Waals surface area (Å²) in [5.41, 5.74) is 9.72. The number of nitrogens with zero attached hydrogens (tertiary/aromatic N) is 1. The first-order valence-corrected chi connectivity index (χ1v) is 6.91. The van der Waals surface area contributed by atoms with Crippen LogP contribution >= 0.6 is 0 Å². The van der Waals surface area contributed by atoms with Gasteiger partial charge in [-0.05, 0) is 57.0 Å². The van der Waals surface area contributed by atoms with Crippen LogP contribution in [0.5, 0.6) is 11.5 Å². The fourth-order valence-electron chi connectivity index (χ4n) is 3.31. The van der Waals surface area contributed by atoms with E-state index in [0.29, 0.717) is 18.8 Å². The molecule has 1 fully saturated rings. The molecule has 3 rings (SSSR count). The van der Waals surface area contributed by atoms with Crippen molar-refractivity contribution in [1.82, 2.24) is 4.90 Å². The highest BCUT2D eigenvalue weighted by Gasteiger charge is 2.35. The molecule has 4 nitrogen and oxygen atoms in total. The van der Waals surface area contributed by atoms with Gasteiger partial charge in [-0.1, -0.05) is 0 Å². The van der Waals surface area contributed by atoms with Crippen LogP contribution in [0.25, 0.3) is 0 Å². The molecule has 2 aliphatic heterocycles. The Bertz CT molecular complexity index is 501. The number of nitrogens with two attached hydrogens (primary N) is 1. The monoisotopic (exact) mass is 262 g/mol. The van der Waals surface area contributed by atoms with Gasteiger partial charge in [-0.15, -0.1) is 0 Å². The van der Waals surface area contributed by atoms with Crippen LogP contribution in [-0.2, 0) is 0 Å². The second-order valence-corrected chi connectivity index (χ2v) is 5.76. The minimum Gasteiger partial charge on any atom is -0.454 e. The Morgan fingerprint density at radius 2 is 2.16 bits per heavy atom. The summed E-state index contributed by atoms with van der Waals surface area (Å²) in [5.74, 6) is 2.41. The van der Waals surface area contributed by atoms with Gasteiger partial charge in [0.1, 0.15) is 0 Å². The first kappa shape index (κ1) is 12.8. The van der Waals surface area contributed by atoms with Gasteiger partial charge in [0.25, 0.3) is 0 Å². The van der Waals surface area contributed by atoms with Gasteiger partial charge in [-0.25, -0.2) is 0 Å². The molecule has 0 spiro atoms. The smallest absolute Gasteiger partial charge is 0.231 e. The van der Waals surface area contributed by atoms with Gasteiger partial charge in [-0.3, -0.25) is 4.90 Å². The Kier molecular flexibility index (Phi) is 3.15. The number of fused-ring (bicyclic) bond motifs is 1. The Balaban J connectivity index is 2.05. The van der Waals surface area contributed by atoms with E-state index in [4.69, 9.17) is 15.2 Å². The number of rotatable bonds is 2. The van der Waals surface area contributed by atoms with E-state index < -0.39 is 0 Å². The van der Waals surface area contributed by atoms with E-state index in [1.54, 1.807) is 0 Å². The zero-order valence-electron chi connectivity index (χ0n) is 11.9. The van der Waals surface area contributed by atoms with Gasteiger partial charge >= 0.3 is 0 Å². The van der Waals surface area contributed by atoms with Crippen LogP contribution in [0.1, 0.15) is 29.2 Å². The Labute approximate surface area is 114 Å². The predicted molar refractivity (Wildman–Crippen MR) is 74.6 cm³/mol. The number of hydrogen-bond acceptors (Lipinski definition) is 4. The summed E-state index contributed by atoms with van der Waals surface area (Å²) in [6.45, 7) is 6.46. The zero-order valence-corrected chi connectivity index (χ0v) is 11.9. The number of ether oxygens (including phenoxy) is 2. The van der Waals surface area contributed by atoms with Crippen LogP contribution in [0.15, 0.2) is 6.07 Å². The highest BCUT2D eigenvalue weighted by Crippen LogP contribution is 2.47. The second kappa shape index (κ2) is 4.69. The van der Waals surface area contributed by atoms with E-state index in [-0.39, 0.29) is 0 Å². The first-order chi connectivity index (χ1) is 9.11.